The summed E-state index contributed by atoms with van der Waals surface area (Å²) in [4.78, 5) is 13.9. The van der Waals surface area contributed by atoms with Gasteiger partial charge in [-0.05, 0) is 41.5 Å². The Balaban J connectivity index is 1.75. The van der Waals surface area contributed by atoms with Gasteiger partial charge in [-0.3, -0.25) is 4.79 Å². The van der Waals surface area contributed by atoms with Crippen molar-refractivity contribution < 1.29 is 71.1 Å². The third-order valence-electron chi connectivity index (χ3n) is 7.52. The fraction of sp³-hybridized carbons (Fsp3) is 0.432. The molecule has 1 heterocycles. The van der Waals surface area contributed by atoms with E-state index in [1.165, 1.54) is 41.6 Å². The van der Waals surface area contributed by atoms with Gasteiger partial charge in [0.25, 0.3) is 0 Å². The van der Waals surface area contributed by atoms with Crippen molar-refractivity contribution in [2.75, 3.05) is 97.1 Å². The first-order chi connectivity index (χ1) is 25.4. The standard InChI is InChI=1S/C37H46O15/c1-39-18-46-17-28-27-12-24(8-10-29(38)35-32(49-21-42-4)15-26(47-19-40-2)16-33(35)50-22-43-5)13-34(51-23-44-6)37(27)52-36(28)25-9-11-30(48-20-41-3)31(14-25)45-7/h8-16,28,36H,17-23H2,1-7H3/b10-8+/t28-,36+/m0/s1. The average Bonchev–Trinajstić information content (AvgIpc) is 3.53. The predicted molar refractivity (Wildman–Crippen MR) is 186 cm³/mol. The number of ether oxygens (including phenoxy) is 14. The maximum absolute atomic E-state index is 13.9. The number of fused-ring (bicyclic) bond motifs is 1. The number of rotatable bonds is 24. The number of methoxy groups -OCH3 is 7. The van der Waals surface area contributed by atoms with Crippen LogP contribution in [0.5, 0.6) is 40.2 Å². The Morgan fingerprint density at radius 2 is 1.21 bits per heavy atom. The van der Waals surface area contributed by atoms with E-state index < -0.39 is 11.9 Å². The lowest BCUT2D eigenvalue weighted by atomic mass is 9.90. The Bertz CT molecular complexity index is 1580. The molecular formula is C37H46O15. The van der Waals surface area contributed by atoms with Crippen LogP contribution in [0.3, 0.4) is 0 Å². The second-order valence-corrected chi connectivity index (χ2v) is 11.0. The summed E-state index contributed by atoms with van der Waals surface area (Å²) in [6, 6.07) is 12.3. The van der Waals surface area contributed by atoms with Crippen LogP contribution in [0.15, 0.2) is 48.5 Å². The van der Waals surface area contributed by atoms with E-state index in [0.29, 0.717) is 34.3 Å². The molecule has 1 aliphatic heterocycles. The van der Waals surface area contributed by atoms with E-state index >= 15 is 0 Å². The van der Waals surface area contributed by atoms with Gasteiger partial charge in [0.05, 0.1) is 19.6 Å². The first-order valence-electron chi connectivity index (χ1n) is 16.0. The highest BCUT2D eigenvalue weighted by molar-refractivity contribution is 6.10. The first kappa shape index (κ1) is 40.2. The summed E-state index contributed by atoms with van der Waals surface area (Å²) in [6.07, 6.45) is 2.55. The molecular weight excluding hydrogens is 684 g/mol. The largest absolute Gasteiger partial charge is 0.493 e. The number of hydrogen-bond acceptors (Lipinski definition) is 15. The molecule has 3 aromatic rings. The van der Waals surface area contributed by atoms with E-state index in [1.807, 2.05) is 18.2 Å². The van der Waals surface area contributed by atoms with E-state index in [1.54, 1.807) is 44.6 Å². The summed E-state index contributed by atoms with van der Waals surface area (Å²) in [6.45, 7) is 0.0336. The Kier molecular flexibility index (Phi) is 16.3. The highest BCUT2D eigenvalue weighted by Gasteiger charge is 2.39. The zero-order valence-electron chi connectivity index (χ0n) is 30.4. The second-order valence-electron chi connectivity index (χ2n) is 11.0. The van der Waals surface area contributed by atoms with Crippen molar-refractivity contribution in [3.05, 3.63) is 70.8 Å². The lowest BCUT2D eigenvalue weighted by molar-refractivity contribution is -0.0420. The van der Waals surface area contributed by atoms with Gasteiger partial charge in [0.1, 0.15) is 35.7 Å². The second kappa shape index (κ2) is 21.0. The smallest absolute Gasteiger partial charge is 0.193 e. The number of hydrogen-bond donors (Lipinski definition) is 0. The van der Waals surface area contributed by atoms with E-state index in [0.717, 1.165) is 11.1 Å². The van der Waals surface area contributed by atoms with Crippen LogP contribution in [-0.2, 0) is 33.2 Å². The molecule has 52 heavy (non-hydrogen) atoms. The quantitative estimate of drug-likeness (QED) is 0.0505. The summed E-state index contributed by atoms with van der Waals surface area (Å²) >= 11 is 0. The molecule has 0 saturated carbocycles. The summed E-state index contributed by atoms with van der Waals surface area (Å²) in [5.41, 5.74) is 2.36. The molecule has 0 bridgehead atoms. The summed E-state index contributed by atoms with van der Waals surface area (Å²) in [5.74, 6) is 1.89. The number of carbonyl (C=O) groups is 1. The van der Waals surface area contributed by atoms with Gasteiger partial charge in [0.15, 0.2) is 62.7 Å². The number of benzene rings is 3. The maximum Gasteiger partial charge on any atom is 0.193 e. The van der Waals surface area contributed by atoms with Crippen molar-refractivity contribution in [3.63, 3.8) is 0 Å². The van der Waals surface area contributed by atoms with Gasteiger partial charge >= 0.3 is 0 Å². The lowest BCUT2D eigenvalue weighted by Crippen LogP contribution is -2.16. The van der Waals surface area contributed by atoms with Gasteiger partial charge in [0, 0.05) is 60.4 Å². The van der Waals surface area contributed by atoms with Crippen LogP contribution < -0.4 is 33.2 Å². The molecule has 0 amide bonds. The molecule has 15 nitrogen and oxygen atoms in total. The Morgan fingerprint density at radius 1 is 0.635 bits per heavy atom. The molecule has 284 valence electrons. The van der Waals surface area contributed by atoms with Crippen molar-refractivity contribution in [2.24, 2.45) is 0 Å². The number of carbonyl (C=O) groups excluding carboxylic acids is 1. The van der Waals surface area contributed by atoms with E-state index in [2.05, 4.69) is 0 Å². The van der Waals surface area contributed by atoms with Crippen LogP contribution in [0.2, 0.25) is 0 Å². The third kappa shape index (κ3) is 10.5. The lowest BCUT2D eigenvalue weighted by Gasteiger charge is -2.21. The van der Waals surface area contributed by atoms with E-state index in [9.17, 15) is 4.79 Å². The Labute approximate surface area is 303 Å². The molecule has 0 fully saturated rings. The van der Waals surface area contributed by atoms with Crippen LogP contribution >= 0.6 is 0 Å². The highest BCUT2D eigenvalue weighted by atomic mass is 16.7. The molecule has 0 aromatic heterocycles. The summed E-state index contributed by atoms with van der Waals surface area (Å²) in [7, 11) is 10.6. The maximum atomic E-state index is 13.9. The molecule has 1 aliphatic rings. The Hall–Kier alpha value is -4.61. The van der Waals surface area contributed by atoms with Crippen LogP contribution in [0.1, 0.15) is 39.1 Å². The normalized spacial score (nSPS) is 14.9. The van der Waals surface area contributed by atoms with E-state index in [-0.39, 0.29) is 70.3 Å². The number of allylic oxidation sites excluding steroid dienone is 1. The minimum absolute atomic E-state index is 0.0316. The van der Waals surface area contributed by atoms with Crippen molar-refractivity contribution in [3.8, 4) is 40.2 Å². The molecule has 4 rings (SSSR count). The third-order valence-corrected chi connectivity index (χ3v) is 7.52. The fourth-order valence-electron chi connectivity index (χ4n) is 5.33. The minimum atomic E-state index is -0.511. The van der Waals surface area contributed by atoms with Gasteiger partial charge in [-0.15, -0.1) is 0 Å². The topological polar surface area (TPSA) is 146 Å². The van der Waals surface area contributed by atoms with Crippen molar-refractivity contribution in [1.82, 2.24) is 0 Å². The predicted octanol–water partition coefficient (Wildman–Crippen LogP) is 5.34. The molecule has 2 atom stereocenters. The SMILES string of the molecule is COCOC[C@H]1c2cc(/C=C/C(=O)c3c(OCOC)cc(OCOC)cc3OCOC)cc(OCOC)c2O[C@@H]1c1ccc(OCOC)c(OC)c1. The molecule has 0 aliphatic carbocycles. The van der Waals surface area contributed by atoms with Gasteiger partial charge in [-0.2, -0.15) is 0 Å². The highest BCUT2D eigenvalue weighted by Crippen LogP contribution is 2.52. The molecule has 0 radical (unpaired) electrons. The molecule has 0 unspecified atom stereocenters. The zero-order chi connectivity index (χ0) is 37.3. The fourth-order valence-corrected chi connectivity index (χ4v) is 5.33. The van der Waals surface area contributed by atoms with Gasteiger partial charge in [-0.25, -0.2) is 0 Å². The average molecular weight is 731 g/mol. The van der Waals surface area contributed by atoms with Gasteiger partial charge in [-0.1, -0.05) is 12.1 Å². The van der Waals surface area contributed by atoms with Crippen molar-refractivity contribution in [1.29, 1.82) is 0 Å². The van der Waals surface area contributed by atoms with Crippen LogP contribution in [0.4, 0.5) is 0 Å². The van der Waals surface area contributed by atoms with Gasteiger partial charge < -0.3 is 66.3 Å². The molecule has 15 heteroatoms. The van der Waals surface area contributed by atoms with E-state index in [4.69, 9.17) is 66.3 Å². The van der Waals surface area contributed by atoms with Crippen LogP contribution in [0, 0.1) is 0 Å². The Morgan fingerprint density at radius 3 is 1.81 bits per heavy atom. The summed E-state index contributed by atoms with van der Waals surface area (Å²) < 4.78 is 77.5. The van der Waals surface area contributed by atoms with Crippen molar-refractivity contribution in [2.45, 2.75) is 12.0 Å². The van der Waals surface area contributed by atoms with Gasteiger partial charge in [0.2, 0.25) is 0 Å². The monoisotopic (exact) mass is 730 g/mol. The zero-order valence-corrected chi connectivity index (χ0v) is 30.4. The van der Waals surface area contributed by atoms with Crippen LogP contribution in [-0.4, -0.2) is 103 Å². The molecule has 3 aromatic carbocycles. The number of ketones is 1. The first-order valence-corrected chi connectivity index (χ1v) is 16.0. The molecule has 0 saturated heterocycles. The molecule has 0 spiro atoms. The minimum Gasteiger partial charge on any atom is -0.493 e. The summed E-state index contributed by atoms with van der Waals surface area (Å²) in [5, 5.41) is 0. The van der Waals surface area contributed by atoms with Crippen molar-refractivity contribution >= 4 is 11.9 Å². The van der Waals surface area contributed by atoms with Crippen LogP contribution in [0.25, 0.3) is 6.08 Å². The molecule has 0 N–H and O–H groups in total.